The van der Waals surface area contributed by atoms with Crippen molar-refractivity contribution in [3.8, 4) is 17.1 Å². The van der Waals surface area contributed by atoms with E-state index in [1.54, 1.807) is 12.1 Å². The Labute approximate surface area is 153 Å². The molecule has 0 saturated carbocycles. The first-order valence-electron chi connectivity index (χ1n) is 7.87. The van der Waals surface area contributed by atoms with Gasteiger partial charge in [-0.05, 0) is 66.3 Å². The number of hydrogen-bond acceptors (Lipinski definition) is 5. The summed E-state index contributed by atoms with van der Waals surface area (Å²) < 4.78 is 15.4. The summed E-state index contributed by atoms with van der Waals surface area (Å²) in [6.45, 7) is 2.30. The number of tetrazole rings is 1. The predicted molar refractivity (Wildman–Crippen MR) is 95.8 cm³/mol. The van der Waals surface area contributed by atoms with Gasteiger partial charge in [-0.2, -0.15) is 9.90 Å². The van der Waals surface area contributed by atoms with Gasteiger partial charge in [-0.1, -0.05) is 12.1 Å². The fraction of sp³-hybridized carbons (Fsp3) is 0.118. The van der Waals surface area contributed by atoms with Crippen LogP contribution in [0.2, 0.25) is 0 Å². The van der Waals surface area contributed by atoms with Gasteiger partial charge in [0.1, 0.15) is 12.4 Å². The smallest absolute Gasteiger partial charge is 0.204 e. The molecule has 0 unspecified atom stereocenters. The van der Waals surface area contributed by atoms with Crippen LogP contribution >= 0.6 is 12.2 Å². The van der Waals surface area contributed by atoms with Gasteiger partial charge in [-0.25, -0.2) is 4.39 Å². The SMILES string of the molecule is Cc1cccc(-n2c(Cn3nnc(-c4ccc(F)cc4)n3)n[nH]c2=S)c1. The molecule has 0 bridgehead atoms. The number of nitrogens with one attached hydrogen (secondary N) is 1. The van der Waals surface area contributed by atoms with Crippen molar-refractivity contribution in [2.45, 2.75) is 13.5 Å². The van der Waals surface area contributed by atoms with Crippen molar-refractivity contribution in [1.29, 1.82) is 0 Å². The van der Waals surface area contributed by atoms with Crippen LogP contribution in [0.3, 0.4) is 0 Å². The molecule has 4 rings (SSSR count). The highest BCUT2D eigenvalue weighted by Crippen LogP contribution is 2.16. The number of hydrogen-bond donors (Lipinski definition) is 1. The minimum Gasteiger partial charge on any atom is -0.270 e. The van der Waals surface area contributed by atoms with E-state index < -0.39 is 0 Å². The molecule has 0 aliphatic heterocycles. The highest BCUT2D eigenvalue weighted by Gasteiger charge is 2.12. The molecule has 26 heavy (non-hydrogen) atoms. The van der Waals surface area contributed by atoms with Gasteiger partial charge in [0.2, 0.25) is 5.82 Å². The first-order chi connectivity index (χ1) is 12.6. The van der Waals surface area contributed by atoms with Gasteiger partial charge in [-0.3, -0.25) is 9.67 Å². The monoisotopic (exact) mass is 367 g/mol. The van der Waals surface area contributed by atoms with E-state index in [1.165, 1.54) is 16.9 Å². The summed E-state index contributed by atoms with van der Waals surface area (Å²) in [6.07, 6.45) is 0. The van der Waals surface area contributed by atoms with E-state index in [-0.39, 0.29) is 12.4 Å². The molecule has 2 aromatic carbocycles. The molecule has 2 aromatic heterocycles. The van der Waals surface area contributed by atoms with Crippen molar-refractivity contribution >= 4 is 12.2 Å². The van der Waals surface area contributed by atoms with Crippen molar-refractivity contribution < 1.29 is 4.39 Å². The Hall–Kier alpha value is -3.20. The van der Waals surface area contributed by atoms with Crippen LogP contribution < -0.4 is 0 Å². The molecule has 0 aliphatic rings. The summed E-state index contributed by atoms with van der Waals surface area (Å²) in [6, 6.07) is 13.9. The van der Waals surface area contributed by atoms with Gasteiger partial charge in [0, 0.05) is 11.3 Å². The van der Waals surface area contributed by atoms with Gasteiger partial charge in [0.15, 0.2) is 10.6 Å². The third kappa shape index (κ3) is 3.16. The second-order valence-corrected chi connectivity index (χ2v) is 6.16. The van der Waals surface area contributed by atoms with Crippen molar-refractivity contribution in [3.63, 3.8) is 0 Å². The zero-order chi connectivity index (χ0) is 18.1. The molecular weight excluding hydrogens is 353 g/mol. The average molecular weight is 367 g/mol. The zero-order valence-electron chi connectivity index (χ0n) is 13.8. The number of H-pyrrole nitrogens is 1. The van der Waals surface area contributed by atoms with E-state index in [4.69, 9.17) is 12.2 Å². The van der Waals surface area contributed by atoms with Gasteiger partial charge in [0.05, 0.1) is 0 Å². The van der Waals surface area contributed by atoms with Gasteiger partial charge >= 0.3 is 0 Å². The molecule has 9 heteroatoms. The van der Waals surface area contributed by atoms with E-state index in [0.717, 1.165) is 11.3 Å². The van der Waals surface area contributed by atoms with Crippen LogP contribution in [-0.2, 0) is 6.54 Å². The quantitative estimate of drug-likeness (QED) is 0.561. The number of aromatic amines is 1. The normalized spacial score (nSPS) is 11.0. The maximum atomic E-state index is 13.0. The molecular formula is C17H14FN7S. The summed E-state index contributed by atoms with van der Waals surface area (Å²) in [4.78, 5) is 1.43. The molecule has 0 spiro atoms. The Morgan fingerprint density at radius 3 is 2.73 bits per heavy atom. The summed E-state index contributed by atoms with van der Waals surface area (Å²) in [5, 5.41) is 19.5. The lowest BCUT2D eigenvalue weighted by Gasteiger charge is -2.07. The fourth-order valence-corrected chi connectivity index (χ4v) is 2.88. The molecule has 130 valence electrons. The largest absolute Gasteiger partial charge is 0.270 e. The molecule has 0 fully saturated rings. The lowest BCUT2D eigenvalue weighted by molar-refractivity contribution is 0.548. The van der Waals surface area contributed by atoms with Crippen LogP contribution in [0, 0.1) is 17.5 Å². The lowest BCUT2D eigenvalue weighted by Crippen LogP contribution is -2.10. The predicted octanol–water partition coefficient (Wildman–Crippen LogP) is 3.08. The molecule has 0 saturated heterocycles. The summed E-state index contributed by atoms with van der Waals surface area (Å²) in [7, 11) is 0. The Morgan fingerprint density at radius 2 is 1.96 bits per heavy atom. The van der Waals surface area contributed by atoms with Crippen molar-refractivity contribution in [1.82, 2.24) is 35.0 Å². The number of benzene rings is 2. The molecule has 2 heterocycles. The third-order valence-electron chi connectivity index (χ3n) is 3.84. The Kier molecular flexibility index (Phi) is 4.13. The average Bonchev–Trinajstić information content (AvgIpc) is 3.23. The zero-order valence-corrected chi connectivity index (χ0v) is 14.6. The van der Waals surface area contributed by atoms with E-state index >= 15 is 0 Å². The Balaban J connectivity index is 1.65. The minimum atomic E-state index is -0.310. The van der Waals surface area contributed by atoms with Crippen molar-refractivity contribution in [2.75, 3.05) is 0 Å². The topological polar surface area (TPSA) is 77.2 Å². The van der Waals surface area contributed by atoms with Crippen LogP contribution in [0.5, 0.6) is 0 Å². The molecule has 1 N–H and O–H groups in total. The van der Waals surface area contributed by atoms with Gasteiger partial charge < -0.3 is 0 Å². The van der Waals surface area contributed by atoms with Crippen molar-refractivity contribution in [2.24, 2.45) is 0 Å². The van der Waals surface area contributed by atoms with Crippen LogP contribution in [-0.4, -0.2) is 35.0 Å². The standard InChI is InChI=1S/C17H14FN7S/c1-11-3-2-4-14(9-11)25-15(19-21-17(25)26)10-24-22-16(20-23-24)12-5-7-13(18)8-6-12/h2-9H,10H2,1H3,(H,21,26). The summed E-state index contributed by atoms with van der Waals surface area (Å²) in [5.74, 6) is 0.764. The van der Waals surface area contributed by atoms with E-state index in [0.29, 0.717) is 22.0 Å². The summed E-state index contributed by atoms with van der Waals surface area (Å²) >= 11 is 5.35. The summed E-state index contributed by atoms with van der Waals surface area (Å²) in [5.41, 5.74) is 2.72. The lowest BCUT2D eigenvalue weighted by atomic mass is 10.2. The third-order valence-corrected chi connectivity index (χ3v) is 4.11. The maximum absolute atomic E-state index is 13.0. The first kappa shape index (κ1) is 16.3. The molecule has 4 aromatic rings. The molecule has 0 radical (unpaired) electrons. The van der Waals surface area contributed by atoms with E-state index in [9.17, 15) is 4.39 Å². The molecule has 0 aliphatic carbocycles. The first-order valence-corrected chi connectivity index (χ1v) is 8.28. The highest BCUT2D eigenvalue weighted by molar-refractivity contribution is 7.71. The highest BCUT2D eigenvalue weighted by atomic mass is 32.1. The molecule has 0 atom stereocenters. The van der Waals surface area contributed by atoms with Crippen LogP contribution in [0.15, 0.2) is 48.5 Å². The number of nitrogens with zero attached hydrogens (tertiary/aromatic N) is 6. The number of halogens is 1. The van der Waals surface area contributed by atoms with Crippen LogP contribution in [0.4, 0.5) is 4.39 Å². The van der Waals surface area contributed by atoms with E-state index in [1.807, 2.05) is 35.8 Å². The van der Waals surface area contributed by atoms with Crippen molar-refractivity contribution in [3.05, 3.63) is 70.5 Å². The number of aromatic nitrogens is 7. The second-order valence-electron chi connectivity index (χ2n) is 5.77. The molecule has 0 amide bonds. The number of aryl methyl sites for hydroxylation is 1. The molecule has 7 nitrogen and oxygen atoms in total. The van der Waals surface area contributed by atoms with Crippen LogP contribution in [0.25, 0.3) is 17.1 Å². The van der Waals surface area contributed by atoms with E-state index in [2.05, 4.69) is 25.6 Å². The number of rotatable bonds is 4. The minimum absolute atomic E-state index is 0.287. The fourth-order valence-electron chi connectivity index (χ4n) is 2.62. The Bertz CT molecular complexity index is 1110. The van der Waals surface area contributed by atoms with Crippen LogP contribution in [0.1, 0.15) is 11.4 Å². The van der Waals surface area contributed by atoms with Gasteiger partial charge in [-0.15, -0.1) is 10.2 Å². The second kappa shape index (κ2) is 6.60. The Morgan fingerprint density at radius 1 is 1.15 bits per heavy atom. The van der Waals surface area contributed by atoms with Gasteiger partial charge in [0.25, 0.3) is 0 Å². The maximum Gasteiger partial charge on any atom is 0.204 e.